The number of nitrogens with one attached hydrogen (secondary N) is 1. The molecule has 0 aromatic heterocycles. The maximum atomic E-state index is 11.6. The molecule has 98 valence electrons. The zero-order valence-corrected chi connectivity index (χ0v) is 10.4. The van der Waals surface area contributed by atoms with Crippen LogP contribution >= 0.6 is 0 Å². The number of hydrogen-bond donors (Lipinski definition) is 2. The SMILES string of the molecule is CNC(=O)CCOC(=O)c1ccc(N)c(OC)c1. The summed E-state index contributed by atoms with van der Waals surface area (Å²) >= 11 is 0. The number of carbonyl (C=O) groups excluding carboxylic acids is 2. The monoisotopic (exact) mass is 252 g/mol. The molecule has 1 aromatic carbocycles. The first-order valence-electron chi connectivity index (χ1n) is 5.39. The molecule has 1 rings (SSSR count). The molecule has 6 nitrogen and oxygen atoms in total. The molecule has 0 radical (unpaired) electrons. The molecule has 1 amide bonds. The fourth-order valence-electron chi connectivity index (χ4n) is 1.28. The number of methoxy groups -OCH3 is 1. The van der Waals surface area contributed by atoms with Crippen LogP contribution in [-0.4, -0.2) is 32.6 Å². The molecule has 3 N–H and O–H groups in total. The van der Waals surface area contributed by atoms with E-state index in [-0.39, 0.29) is 18.9 Å². The summed E-state index contributed by atoms with van der Waals surface area (Å²) < 4.78 is 9.94. The smallest absolute Gasteiger partial charge is 0.338 e. The molecule has 0 atom stereocenters. The molecule has 6 heteroatoms. The number of nitrogen functional groups attached to an aromatic ring is 1. The van der Waals surface area contributed by atoms with Gasteiger partial charge in [0.05, 0.1) is 24.8 Å². The van der Waals surface area contributed by atoms with Crippen LogP contribution in [0.15, 0.2) is 18.2 Å². The van der Waals surface area contributed by atoms with Crippen LogP contribution in [0, 0.1) is 0 Å². The molecule has 0 saturated heterocycles. The van der Waals surface area contributed by atoms with Gasteiger partial charge in [0.1, 0.15) is 12.4 Å². The van der Waals surface area contributed by atoms with Gasteiger partial charge < -0.3 is 20.5 Å². The van der Waals surface area contributed by atoms with E-state index in [4.69, 9.17) is 15.2 Å². The largest absolute Gasteiger partial charge is 0.495 e. The Morgan fingerprint density at radius 2 is 2.11 bits per heavy atom. The number of rotatable bonds is 5. The molecule has 0 bridgehead atoms. The van der Waals surface area contributed by atoms with E-state index in [1.807, 2.05) is 0 Å². The third kappa shape index (κ3) is 3.65. The maximum Gasteiger partial charge on any atom is 0.338 e. The number of hydrogen-bond acceptors (Lipinski definition) is 5. The van der Waals surface area contributed by atoms with Crippen LogP contribution in [0.5, 0.6) is 5.75 Å². The summed E-state index contributed by atoms with van der Waals surface area (Å²) in [5.41, 5.74) is 6.40. The topological polar surface area (TPSA) is 90.7 Å². The van der Waals surface area contributed by atoms with Crippen LogP contribution in [0.1, 0.15) is 16.8 Å². The molecule has 0 aliphatic heterocycles. The molecule has 0 aliphatic rings. The van der Waals surface area contributed by atoms with Crippen molar-refractivity contribution in [2.45, 2.75) is 6.42 Å². The summed E-state index contributed by atoms with van der Waals surface area (Å²) in [4.78, 5) is 22.6. The van der Waals surface area contributed by atoms with E-state index < -0.39 is 5.97 Å². The average molecular weight is 252 g/mol. The van der Waals surface area contributed by atoms with E-state index in [2.05, 4.69) is 5.32 Å². The van der Waals surface area contributed by atoms with E-state index in [9.17, 15) is 9.59 Å². The Hall–Kier alpha value is -2.24. The highest BCUT2D eigenvalue weighted by atomic mass is 16.5. The lowest BCUT2D eigenvalue weighted by Crippen LogP contribution is -2.20. The fraction of sp³-hybridized carbons (Fsp3) is 0.333. The molecular formula is C12H16N2O4. The zero-order chi connectivity index (χ0) is 13.5. The lowest BCUT2D eigenvalue weighted by atomic mass is 10.2. The van der Waals surface area contributed by atoms with Crippen molar-refractivity contribution in [3.63, 3.8) is 0 Å². The second-order valence-corrected chi connectivity index (χ2v) is 3.52. The number of ether oxygens (including phenoxy) is 2. The number of anilines is 1. The second kappa shape index (κ2) is 6.48. The average Bonchev–Trinajstić information content (AvgIpc) is 2.38. The zero-order valence-electron chi connectivity index (χ0n) is 10.4. The van der Waals surface area contributed by atoms with E-state index in [1.165, 1.54) is 20.2 Å². The highest BCUT2D eigenvalue weighted by Crippen LogP contribution is 2.22. The number of benzene rings is 1. The van der Waals surface area contributed by atoms with Crippen molar-refractivity contribution in [3.8, 4) is 5.75 Å². The molecule has 18 heavy (non-hydrogen) atoms. The van der Waals surface area contributed by atoms with Crippen molar-refractivity contribution in [2.75, 3.05) is 26.5 Å². The summed E-state index contributed by atoms with van der Waals surface area (Å²) in [6, 6.07) is 4.60. The standard InChI is InChI=1S/C12H16N2O4/c1-14-11(15)5-6-18-12(16)8-3-4-9(13)10(7-8)17-2/h3-4,7H,5-6,13H2,1-2H3,(H,14,15). The third-order valence-corrected chi connectivity index (χ3v) is 2.31. The van der Waals surface area contributed by atoms with Gasteiger partial charge in [-0.1, -0.05) is 0 Å². The van der Waals surface area contributed by atoms with Gasteiger partial charge in [0.15, 0.2) is 0 Å². The van der Waals surface area contributed by atoms with Gasteiger partial charge in [-0.05, 0) is 18.2 Å². The highest BCUT2D eigenvalue weighted by Gasteiger charge is 2.10. The fourth-order valence-corrected chi connectivity index (χ4v) is 1.28. The molecule has 0 aliphatic carbocycles. The minimum absolute atomic E-state index is 0.0329. The van der Waals surface area contributed by atoms with Gasteiger partial charge in [-0.3, -0.25) is 4.79 Å². The van der Waals surface area contributed by atoms with Gasteiger partial charge in [0, 0.05) is 7.05 Å². The van der Waals surface area contributed by atoms with Gasteiger partial charge in [-0.25, -0.2) is 4.79 Å². The quantitative estimate of drug-likeness (QED) is 0.590. The van der Waals surface area contributed by atoms with Gasteiger partial charge >= 0.3 is 5.97 Å². The van der Waals surface area contributed by atoms with E-state index in [0.717, 1.165) is 0 Å². The summed E-state index contributed by atoms with van der Waals surface area (Å²) in [5, 5.41) is 2.44. The number of nitrogens with two attached hydrogens (primary N) is 1. The lowest BCUT2D eigenvalue weighted by Gasteiger charge is -2.07. The third-order valence-electron chi connectivity index (χ3n) is 2.31. The van der Waals surface area contributed by atoms with Crippen molar-refractivity contribution in [2.24, 2.45) is 0 Å². The Morgan fingerprint density at radius 3 is 2.72 bits per heavy atom. The van der Waals surface area contributed by atoms with Gasteiger partial charge in [-0.15, -0.1) is 0 Å². The van der Waals surface area contributed by atoms with Crippen LogP contribution in [0.2, 0.25) is 0 Å². The van der Waals surface area contributed by atoms with Crippen LogP contribution in [0.4, 0.5) is 5.69 Å². The molecule has 0 unspecified atom stereocenters. The highest BCUT2D eigenvalue weighted by molar-refractivity contribution is 5.90. The predicted molar refractivity (Wildman–Crippen MR) is 66.4 cm³/mol. The predicted octanol–water partition coefficient (Wildman–Crippen LogP) is 0.570. The van der Waals surface area contributed by atoms with Crippen LogP contribution < -0.4 is 15.8 Å². The number of esters is 1. The normalized spacial score (nSPS) is 9.67. The van der Waals surface area contributed by atoms with Gasteiger partial charge in [-0.2, -0.15) is 0 Å². The van der Waals surface area contributed by atoms with Crippen molar-refractivity contribution in [3.05, 3.63) is 23.8 Å². The number of carbonyl (C=O) groups is 2. The first-order chi connectivity index (χ1) is 8.58. The molecular weight excluding hydrogens is 236 g/mol. The molecule has 0 heterocycles. The Kier molecular flexibility index (Phi) is 4.98. The Bertz CT molecular complexity index is 446. The first kappa shape index (κ1) is 13.8. The van der Waals surface area contributed by atoms with Crippen LogP contribution in [-0.2, 0) is 9.53 Å². The molecule has 0 fully saturated rings. The van der Waals surface area contributed by atoms with E-state index in [1.54, 1.807) is 12.1 Å². The van der Waals surface area contributed by atoms with E-state index >= 15 is 0 Å². The van der Waals surface area contributed by atoms with Crippen molar-refractivity contribution in [1.29, 1.82) is 0 Å². The Morgan fingerprint density at radius 1 is 1.39 bits per heavy atom. The maximum absolute atomic E-state index is 11.6. The summed E-state index contributed by atoms with van der Waals surface area (Å²) in [5.74, 6) is -0.286. The number of amides is 1. The Labute approximate surface area is 105 Å². The lowest BCUT2D eigenvalue weighted by molar-refractivity contribution is -0.121. The summed E-state index contributed by atoms with van der Waals surface area (Å²) in [6.45, 7) is 0.0329. The van der Waals surface area contributed by atoms with Crippen LogP contribution in [0.3, 0.4) is 0 Å². The molecule has 0 spiro atoms. The van der Waals surface area contributed by atoms with Crippen molar-refractivity contribution >= 4 is 17.6 Å². The van der Waals surface area contributed by atoms with Gasteiger partial charge in [0.25, 0.3) is 0 Å². The summed E-state index contributed by atoms with van der Waals surface area (Å²) in [6.07, 6.45) is 0.133. The summed E-state index contributed by atoms with van der Waals surface area (Å²) in [7, 11) is 2.99. The minimum atomic E-state index is -0.516. The van der Waals surface area contributed by atoms with Gasteiger partial charge in [0.2, 0.25) is 5.91 Å². The second-order valence-electron chi connectivity index (χ2n) is 3.52. The molecule has 1 aromatic rings. The first-order valence-corrected chi connectivity index (χ1v) is 5.39. The van der Waals surface area contributed by atoms with E-state index in [0.29, 0.717) is 17.0 Å². The Balaban J connectivity index is 2.59. The van der Waals surface area contributed by atoms with Crippen LogP contribution in [0.25, 0.3) is 0 Å². The van der Waals surface area contributed by atoms with Crippen molar-refractivity contribution < 1.29 is 19.1 Å². The molecule has 0 saturated carbocycles. The van der Waals surface area contributed by atoms with Crippen molar-refractivity contribution in [1.82, 2.24) is 5.32 Å². The minimum Gasteiger partial charge on any atom is -0.495 e.